The van der Waals surface area contributed by atoms with Crippen LogP contribution in [0.2, 0.25) is 0 Å². The summed E-state index contributed by atoms with van der Waals surface area (Å²) in [6, 6.07) is 9.86. The van der Waals surface area contributed by atoms with Crippen molar-refractivity contribution in [3.63, 3.8) is 0 Å². The van der Waals surface area contributed by atoms with Crippen LogP contribution in [0.3, 0.4) is 0 Å². The van der Waals surface area contributed by atoms with Crippen LogP contribution in [0.5, 0.6) is 0 Å². The van der Waals surface area contributed by atoms with E-state index in [-0.39, 0.29) is 18.6 Å². The number of thiazole rings is 1. The van der Waals surface area contributed by atoms with Gasteiger partial charge < -0.3 is 10.4 Å². The van der Waals surface area contributed by atoms with Crippen LogP contribution in [-0.4, -0.2) is 28.8 Å². The van der Waals surface area contributed by atoms with E-state index in [1.54, 1.807) is 19.1 Å². The second-order valence-electron chi connectivity index (χ2n) is 6.17. The van der Waals surface area contributed by atoms with Crippen LogP contribution in [0.25, 0.3) is 16.3 Å². The number of amides is 1. The fourth-order valence-electron chi connectivity index (χ4n) is 2.69. The van der Waals surface area contributed by atoms with Crippen molar-refractivity contribution in [1.29, 1.82) is 0 Å². The predicted molar refractivity (Wildman–Crippen MR) is 105 cm³/mol. The Labute approximate surface area is 163 Å². The molecule has 2 aromatic carbocycles. The van der Waals surface area contributed by atoms with Gasteiger partial charge in [0.05, 0.1) is 15.2 Å². The minimum atomic E-state index is -4.38. The molecule has 0 aliphatic carbocycles. The average molecular weight is 406 g/mol. The third kappa shape index (κ3) is 4.96. The second kappa shape index (κ2) is 8.12. The van der Waals surface area contributed by atoms with Crippen LogP contribution >= 0.6 is 11.3 Å². The smallest absolute Gasteiger partial charge is 0.396 e. The summed E-state index contributed by atoms with van der Waals surface area (Å²) in [4.78, 5) is 17.0. The Kier molecular flexibility index (Phi) is 5.81. The summed E-state index contributed by atoms with van der Waals surface area (Å²) in [5.74, 6) is -0.353. The molecule has 0 saturated carbocycles. The molecule has 8 heteroatoms. The van der Waals surface area contributed by atoms with Crippen molar-refractivity contribution >= 4 is 39.2 Å². The quantitative estimate of drug-likeness (QED) is 0.629. The van der Waals surface area contributed by atoms with Gasteiger partial charge in [0.25, 0.3) is 5.91 Å². The van der Waals surface area contributed by atoms with Gasteiger partial charge in [0.15, 0.2) is 0 Å². The molecule has 146 valence electrons. The van der Waals surface area contributed by atoms with Crippen molar-refractivity contribution in [3.8, 4) is 0 Å². The van der Waals surface area contributed by atoms with Crippen LogP contribution in [0.4, 0.5) is 18.9 Å². The number of carbonyl (C=O) groups is 1. The Hall–Kier alpha value is -2.71. The highest BCUT2D eigenvalue weighted by Crippen LogP contribution is 2.26. The fourth-order valence-corrected chi connectivity index (χ4v) is 3.63. The molecule has 0 unspecified atom stereocenters. The van der Waals surface area contributed by atoms with Crippen LogP contribution in [0.15, 0.2) is 42.5 Å². The molecule has 0 atom stereocenters. The zero-order valence-corrected chi connectivity index (χ0v) is 15.7. The summed E-state index contributed by atoms with van der Waals surface area (Å²) in [5.41, 5.74) is 2.62. The number of fused-ring (bicyclic) bond motifs is 1. The van der Waals surface area contributed by atoms with Gasteiger partial charge in [-0.1, -0.05) is 18.2 Å². The maximum Gasteiger partial charge on any atom is 0.409 e. The SMILES string of the molecule is Cc1cc(/C=C/C(F)(F)F)ccc1C(=O)Nc1ccc2sc(CCO)nc2c1. The number of hydrogen-bond donors (Lipinski definition) is 2. The monoisotopic (exact) mass is 406 g/mol. The minimum Gasteiger partial charge on any atom is -0.396 e. The van der Waals surface area contributed by atoms with E-state index < -0.39 is 6.18 Å². The van der Waals surface area contributed by atoms with Gasteiger partial charge in [-0.2, -0.15) is 13.2 Å². The molecular weight excluding hydrogens is 389 g/mol. The van der Waals surface area contributed by atoms with Gasteiger partial charge in [0.2, 0.25) is 0 Å². The van der Waals surface area contributed by atoms with Gasteiger partial charge in [-0.25, -0.2) is 4.98 Å². The number of aromatic nitrogens is 1. The van der Waals surface area contributed by atoms with Crippen molar-refractivity contribution in [2.75, 3.05) is 11.9 Å². The van der Waals surface area contributed by atoms with E-state index in [0.29, 0.717) is 28.8 Å². The molecular formula is C20H17F3N2O2S. The van der Waals surface area contributed by atoms with E-state index in [2.05, 4.69) is 10.3 Å². The van der Waals surface area contributed by atoms with E-state index in [0.717, 1.165) is 21.3 Å². The summed E-state index contributed by atoms with van der Waals surface area (Å²) in [6.07, 6.45) is -2.77. The lowest BCUT2D eigenvalue weighted by atomic mass is 10.0. The Balaban J connectivity index is 1.77. The van der Waals surface area contributed by atoms with Crippen molar-refractivity contribution in [2.45, 2.75) is 19.5 Å². The summed E-state index contributed by atoms with van der Waals surface area (Å²) in [5, 5.41) is 12.6. The molecule has 0 radical (unpaired) electrons. The third-order valence-corrected chi connectivity index (χ3v) is 5.07. The number of hydrogen-bond acceptors (Lipinski definition) is 4. The van der Waals surface area contributed by atoms with Crippen molar-refractivity contribution in [2.24, 2.45) is 0 Å². The number of halogens is 3. The maximum absolute atomic E-state index is 12.5. The normalized spacial score (nSPS) is 12.0. The summed E-state index contributed by atoms with van der Waals surface area (Å²) >= 11 is 1.49. The number of aliphatic hydroxyl groups is 1. The average Bonchev–Trinajstić information content (AvgIpc) is 3.01. The predicted octanol–water partition coefficient (Wildman–Crippen LogP) is 4.97. The summed E-state index contributed by atoms with van der Waals surface area (Å²) in [7, 11) is 0. The number of rotatable bonds is 5. The molecule has 0 aliphatic rings. The van der Waals surface area contributed by atoms with E-state index in [4.69, 9.17) is 5.11 Å². The summed E-state index contributed by atoms with van der Waals surface area (Å²) in [6.45, 7) is 1.70. The van der Waals surface area contributed by atoms with Crippen LogP contribution in [0, 0.1) is 6.92 Å². The highest BCUT2D eigenvalue weighted by atomic mass is 32.1. The zero-order valence-electron chi connectivity index (χ0n) is 14.9. The number of aryl methyl sites for hydroxylation is 1. The molecule has 28 heavy (non-hydrogen) atoms. The Morgan fingerprint density at radius 2 is 2.04 bits per heavy atom. The molecule has 0 spiro atoms. The lowest BCUT2D eigenvalue weighted by Crippen LogP contribution is -2.13. The first-order valence-electron chi connectivity index (χ1n) is 8.43. The number of aliphatic hydroxyl groups excluding tert-OH is 1. The number of allylic oxidation sites excluding steroid dienone is 1. The topological polar surface area (TPSA) is 62.2 Å². The van der Waals surface area contributed by atoms with Crippen LogP contribution < -0.4 is 5.32 Å². The van der Waals surface area contributed by atoms with Gasteiger partial charge in [0.1, 0.15) is 0 Å². The molecule has 0 fully saturated rings. The van der Waals surface area contributed by atoms with Crippen molar-refractivity contribution in [3.05, 3.63) is 64.2 Å². The lowest BCUT2D eigenvalue weighted by molar-refractivity contribution is -0.0790. The molecule has 1 aromatic heterocycles. The molecule has 1 amide bonds. The van der Waals surface area contributed by atoms with Crippen molar-refractivity contribution < 1.29 is 23.1 Å². The second-order valence-corrected chi connectivity index (χ2v) is 7.28. The largest absolute Gasteiger partial charge is 0.409 e. The maximum atomic E-state index is 12.5. The van der Waals surface area contributed by atoms with E-state index in [1.165, 1.54) is 29.5 Å². The standard InChI is InChI=1S/C20H17F3N2O2S/c1-12-10-13(6-8-20(21,22)23)2-4-15(12)19(27)24-14-3-5-17-16(11-14)25-18(28-17)7-9-26/h2-6,8,10-11,26H,7,9H2,1H3,(H,24,27)/b8-6+. The van der Waals surface area contributed by atoms with E-state index >= 15 is 0 Å². The fraction of sp³-hybridized carbons (Fsp3) is 0.200. The van der Waals surface area contributed by atoms with Crippen LogP contribution in [0.1, 0.15) is 26.5 Å². The minimum absolute atomic E-state index is 0.0246. The number of carbonyl (C=O) groups excluding carboxylic acids is 1. The molecule has 4 nitrogen and oxygen atoms in total. The molecule has 0 bridgehead atoms. The Morgan fingerprint density at radius 3 is 2.71 bits per heavy atom. The van der Waals surface area contributed by atoms with Crippen molar-refractivity contribution in [1.82, 2.24) is 4.98 Å². The number of nitrogens with zero attached hydrogens (tertiary/aromatic N) is 1. The molecule has 2 N–H and O–H groups in total. The third-order valence-electron chi connectivity index (χ3n) is 3.98. The molecule has 0 aliphatic heterocycles. The highest BCUT2D eigenvalue weighted by molar-refractivity contribution is 7.18. The van der Waals surface area contributed by atoms with Gasteiger partial charge in [-0.15, -0.1) is 11.3 Å². The van der Waals surface area contributed by atoms with Gasteiger partial charge in [-0.3, -0.25) is 4.79 Å². The molecule has 3 aromatic rings. The highest BCUT2D eigenvalue weighted by Gasteiger charge is 2.21. The van der Waals surface area contributed by atoms with Gasteiger partial charge in [-0.05, 0) is 42.3 Å². The Bertz CT molecular complexity index is 1040. The number of alkyl halides is 3. The number of anilines is 1. The van der Waals surface area contributed by atoms with Crippen LogP contribution in [-0.2, 0) is 6.42 Å². The van der Waals surface area contributed by atoms with Gasteiger partial charge >= 0.3 is 6.18 Å². The molecule has 1 heterocycles. The van der Waals surface area contributed by atoms with Gasteiger partial charge in [0, 0.05) is 30.4 Å². The zero-order chi connectivity index (χ0) is 20.3. The lowest BCUT2D eigenvalue weighted by Gasteiger charge is -2.09. The first-order chi connectivity index (χ1) is 13.2. The number of nitrogens with one attached hydrogen (secondary N) is 1. The Morgan fingerprint density at radius 1 is 1.25 bits per heavy atom. The first-order valence-corrected chi connectivity index (χ1v) is 9.25. The molecule has 0 saturated heterocycles. The summed E-state index contributed by atoms with van der Waals surface area (Å²) < 4.78 is 37.8. The first kappa shape index (κ1) is 20.0. The van der Waals surface area contributed by atoms with E-state index in [1.807, 2.05) is 6.07 Å². The molecule has 3 rings (SSSR count). The number of benzene rings is 2. The van der Waals surface area contributed by atoms with E-state index in [9.17, 15) is 18.0 Å².